The first-order valence-corrected chi connectivity index (χ1v) is 10.7. The highest BCUT2D eigenvalue weighted by molar-refractivity contribution is 6.03. The summed E-state index contributed by atoms with van der Waals surface area (Å²) in [5, 5.41) is 17.4. The van der Waals surface area contributed by atoms with Gasteiger partial charge in [0.05, 0.1) is 6.26 Å². The molecule has 0 bridgehead atoms. The molecule has 0 unspecified atom stereocenters. The lowest BCUT2D eigenvalue weighted by Gasteiger charge is -2.27. The number of amides is 1. The van der Waals surface area contributed by atoms with Crippen LogP contribution in [0.2, 0.25) is 0 Å². The summed E-state index contributed by atoms with van der Waals surface area (Å²) < 4.78 is 34.9. The van der Waals surface area contributed by atoms with E-state index in [4.69, 9.17) is 26.7 Å². The molecule has 1 aromatic heterocycles. The Morgan fingerprint density at radius 1 is 0.941 bits per heavy atom. The van der Waals surface area contributed by atoms with Gasteiger partial charge in [0.1, 0.15) is 11.6 Å². The number of anilines is 1. The van der Waals surface area contributed by atoms with Gasteiger partial charge in [0.15, 0.2) is 17.7 Å². The van der Waals surface area contributed by atoms with Gasteiger partial charge >= 0.3 is 0 Å². The molecule has 0 saturated carbocycles. The summed E-state index contributed by atoms with van der Waals surface area (Å²) in [7, 11) is 0. The molecule has 0 aliphatic carbocycles. The zero-order chi connectivity index (χ0) is 24.4. The number of rotatable bonds is 4. The maximum absolute atomic E-state index is 14.8. The second kappa shape index (κ2) is 9.38. The van der Waals surface area contributed by atoms with Crippen molar-refractivity contribution in [2.75, 3.05) is 31.5 Å². The number of carbonyl (C=O) groups is 1. The summed E-state index contributed by atoms with van der Waals surface area (Å²) in [6.45, 7) is 1.77. The molecule has 0 radical (unpaired) electrons. The minimum Gasteiger partial charge on any atom is -0.459 e. The van der Waals surface area contributed by atoms with Crippen molar-refractivity contribution in [2.45, 2.75) is 12.8 Å². The van der Waals surface area contributed by atoms with Crippen LogP contribution in [0.3, 0.4) is 0 Å². The number of hydrogen-bond donors (Lipinski definition) is 5. The average molecular weight is 469 g/mol. The van der Waals surface area contributed by atoms with E-state index in [0.717, 1.165) is 23.3 Å². The average Bonchev–Trinajstić information content (AvgIpc) is 3.29. The molecule has 1 amide bonds. The lowest BCUT2D eigenvalue weighted by Crippen LogP contribution is -2.39. The van der Waals surface area contributed by atoms with Crippen LogP contribution in [0, 0.1) is 22.5 Å². The van der Waals surface area contributed by atoms with Crippen molar-refractivity contribution in [1.29, 1.82) is 10.8 Å². The Morgan fingerprint density at radius 3 is 2.00 bits per heavy atom. The molecule has 34 heavy (non-hydrogen) atoms. The van der Waals surface area contributed by atoms with E-state index in [0.29, 0.717) is 44.6 Å². The van der Waals surface area contributed by atoms with Crippen molar-refractivity contribution >= 4 is 34.7 Å². The molecule has 0 fully saturated rings. The van der Waals surface area contributed by atoms with Crippen LogP contribution in [0.1, 0.15) is 34.5 Å². The first-order chi connectivity index (χ1) is 16.2. The van der Waals surface area contributed by atoms with E-state index in [1.54, 1.807) is 21.9 Å². The van der Waals surface area contributed by atoms with E-state index in [9.17, 15) is 13.6 Å². The predicted molar refractivity (Wildman–Crippen MR) is 125 cm³/mol. The fourth-order valence-corrected chi connectivity index (χ4v) is 4.03. The number of furan rings is 1. The van der Waals surface area contributed by atoms with Crippen LogP contribution >= 0.6 is 0 Å². The van der Waals surface area contributed by atoms with E-state index in [1.165, 1.54) is 6.26 Å². The molecule has 3 heterocycles. The number of hydrogen-bond acceptors (Lipinski definition) is 4. The highest BCUT2D eigenvalue weighted by atomic mass is 19.1. The van der Waals surface area contributed by atoms with Gasteiger partial charge in [0.2, 0.25) is 0 Å². The van der Waals surface area contributed by atoms with Crippen molar-refractivity contribution in [2.24, 2.45) is 11.5 Å². The number of nitrogens with one attached hydrogen (secondary N) is 3. The van der Waals surface area contributed by atoms with E-state index >= 15 is 0 Å². The molecule has 0 saturated heterocycles. The third kappa shape index (κ3) is 4.77. The minimum absolute atomic E-state index is 0.00542. The molecule has 11 heteroatoms. The normalized spacial score (nSPS) is 16.1. The van der Waals surface area contributed by atoms with E-state index in [1.807, 2.05) is 6.08 Å². The number of nitrogens with zero attached hydrogens (tertiary/aromatic N) is 2. The highest BCUT2D eigenvalue weighted by Gasteiger charge is 2.22. The first-order valence-electron chi connectivity index (χ1n) is 10.7. The minimum atomic E-state index is -0.791. The fraction of sp³-hybridized carbons (Fsp3) is 0.261. The Kier molecular flexibility index (Phi) is 6.35. The van der Waals surface area contributed by atoms with Crippen LogP contribution in [0.5, 0.6) is 0 Å². The van der Waals surface area contributed by atoms with E-state index in [-0.39, 0.29) is 28.9 Å². The van der Waals surface area contributed by atoms with Gasteiger partial charge in [-0.2, -0.15) is 0 Å². The topological polar surface area (TPSA) is 148 Å². The van der Waals surface area contributed by atoms with Gasteiger partial charge in [-0.1, -0.05) is 12.2 Å². The molecule has 0 atom stereocenters. The summed E-state index contributed by atoms with van der Waals surface area (Å²) in [5.41, 5.74) is 13.0. The molecule has 0 spiro atoms. The lowest BCUT2D eigenvalue weighted by molar-refractivity contribution is 0.0996. The monoisotopic (exact) mass is 469 g/mol. The highest BCUT2D eigenvalue weighted by Crippen LogP contribution is 2.30. The first kappa shape index (κ1) is 23.0. The second-order valence-corrected chi connectivity index (χ2v) is 8.09. The summed E-state index contributed by atoms with van der Waals surface area (Å²) in [5.74, 6) is -2.29. The molecule has 1 aromatic carbocycles. The summed E-state index contributed by atoms with van der Waals surface area (Å²) in [6.07, 6.45) is 5.99. The van der Waals surface area contributed by atoms with Gasteiger partial charge < -0.3 is 31.0 Å². The van der Waals surface area contributed by atoms with Crippen molar-refractivity contribution in [3.8, 4) is 0 Å². The number of guanidine groups is 2. The molecular weight excluding hydrogens is 444 g/mol. The standard InChI is InChI=1S/C23H25F2N7O2/c24-17-10-16(11-18(25)20(17)14-3-7-32(8-4-14)23(28)29)30-21(33)19-9-15(12-34-19)13-1-5-31(6-2-13)22(26)27/h1,3,9-12H,2,4-8H2,(H3,26,27)(H3,28,29)(H,30,33). The Balaban J connectivity index is 1.45. The number of carbonyl (C=O) groups excluding carboxylic acids is 1. The van der Waals surface area contributed by atoms with Gasteiger partial charge in [-0.15, -0.1) is 0 Å². The molecule has 9 nitrogen and oxygen atoms in total. The molecule has 2 aromatic rings. The summed E-state index contributed by atoms with van der Waals surface area (Å²) in [4.78, 5) is 15.9. The molecule has 2 aliphatic rings. The SMILES string of the molecule is N=C(N)N1CC=C(c2coc(C(=O)Nc3cc(F)c(C4=CCN(C(=N)N)CC4)c(F)c3)c2)CC1. The van der Waals surface area contributed by atoms with Gasteiger partial charge in [0, 0.05) is 43.0 Å². The zero-order valence-electron chi connectivity index (χ0n) is 18.3. The van der Waals surface area contributed by atoms with Crippen LogP contribution in [0.15, 0.2) is 41.0 Å². The Bertz CT molecular complexity index is 1190. The van der Waals surface area contributed by atoms with Crippen molar-refractivity contribution in [3.63, 3.8) is 0 Å². The van der Waals surface area contributed by atoms with Gasteiger partial charge in [-0.25, -0.2) is 8.78 Å². The van der Waals surface area contributed by atoms with Crippen LogP contribution in [-0.2, 0) is 0 Å². The molecule has 7 N–H and O–H groups in total. The van der Waals surface area contributed by atoms with Gasteiger partial charge in [-0.3, -0.25) is 15.6 Å². The molecule has 2 aliphatic heterocycles. The van der Waals surface area contributed by atoms with E-state index in [2.05, 4.69) is 5.32 Å². The second-order valence-electron chi connectivity index (χ2n) is 8.09. The van der Waals surface area contributed by atoms with Crippen molar-refractivity contribution < 1.29 is 18.0 Å². The number of halogens is 2. The Morgan fingerprint density at radius 2 is 1.50 bits per heavy atom. The predicted octanol–water partition coefficient (Wildman–Crippen LogP) is 2.78. The van der Waals surface area contributed by atoms with Crippen LogP contribution in [0.25, 0.3) is 11.1 Å². The smallest absolute Gasteiger partial charge is 0.291 e. The molecule has 4 rings (SSSR count). The summed E-state index contributed by atoms with van der Waals surface area (Å²) >= 11 is 0. The Hall–Kier alpha value is -4.15. The maximum Gasteiger partial charge on any atom is 0.291 e. The summed E-state index contributed by atoms with van der Waals surface area (Å²) in [6, 6.07) is 3.70. The number of benzene rings is 1. The number of nitrogens with two attached hydrogens (primary N) is 2. The van der Waals surface area contributed by atoms with Crippen molar-refractivity contribution in [3.05, 3.63) is 65.1 Å². The largest absolute Gasteiger partial charge is 0.459 e. The van der Waals surface area contributed by atoms with Crippen LogP contribution < -0.4 is 16.8 Å². The zero-order valence-corrected chi connectivity index (χ0v) is 18.3. The van der Waals surface area contributed by atoms with Crippen LogP contribution in [0.4, 0.5) is 14.5 Å². The lowest BCUT2D eigenvalue weighted by atomic mass is 9.98. The Labute approximate surface area is 194 Å². The third-order valence-corrected chi connectivity index (χ3v) is 5.91. The molecule has 178 valence electrons. The van der Waals surface area contributed by atoms with Gasteiger partial charge in [0.25, 0.3) is 5.91 Å². The molecular formula is C23H25F2N7O2. The van der Waals surface area contributed by atoms with Crippen molar-refractivity contribution in [1.82, 2.24) is 9.80 Å². The van der Waals surface area contributed by atoms with Crippen LogP contribution in [-0.4, -0.2) is 53.8 Å². The van der Waals surface area contributed by atoms with Gasteiger partial charge in [-0.05, 0) is 42.2 Å². The third-order valence-electron chi connectivity index (χ3n) is 5.91. The van der Waals surface area contributed by atoms with E-state index < -0.39 is 17.5 Å². The quantitative estimate of drug-likeness (QED) is 0.343. The maximum atomic E-state index is 14.8. The fourth-order valence-electron chi connectivity index (χ4n) is 4.03.